The Labute approximate surface area is 119 Å². The van der Waals surface area contributed by atoms with Crippen molar-refractivity contribution in [3.63, 3.8) is 0 Å². The smallest absolute Gasteiger partial charge is 0.341 e. The number of hydrogen-bond acceptors (Lipinski definition) is 5. The van der Waals surface area contributed by atoms with Gasteiger partial charge >= 0.3 is 11.7 Å². The van der Waals surface area contributed by atoms with Gasteiger partial charge in [0.15, 0.2) is 0 Å². The standard InChI is InChI=1S/C13H15F2NO5/c1-13(2,3)21-5-4-20-12(17)9-6-8(14)7-10(11(9)15)16(18)19/h6-7H,4-5H2,1-3H3. The van der Waals surface area contributed by atoms with Crippen LogP contribution in [0.4, 0.5) is 14.5 Å². The van der Waals surface area contributed by atoms with Gasteiger partial charge in [-0.05, 0) is 26.8 Å². The molecule has 0 aliphatic rings. The van der Waals surface area contributed by atoms with Gasteiger partial charge in [0.05, 0.1) is 23.2 Å². The second kappa shape index (κ2) is 6.57. The molecular weight excluding hydrogens is 288 g/mol. The lowest BCUT2D eigenvalue weighted by Crippen LogP contribution is -2.23. The number of carbonyl (C=O) groups excluding carboxylic acids is 1. The van der Waals surface area contributed by atoms with Gasteiger partial charge in [-0.25, -0.2) is 9.18 Å². The maximum Gasteiger partial charge on any atom is 0.341 e. The van der Waals surface area contributed by atoms with Crippen LogP contribution in [0.15, 0.2) is 12.1 Å². The number of nitro benzene ring substituents is 1. The van der Waals surface area contributed by atoms with E-state index in [9.17, 15) is 23.7 Å². The molecule has 0 amide bonds. The second-order valence-corrected chi connectivity index (χ2v) is 5.14. The molecule has 0 saturated carbocycles. The fourth-order valence-electron chi connectivity index (χ4n) is 1.42. The van der Waals surface area contributed by atoms with Crippen LogP contribution >= 0.6 is 0 Å². The molecular formula is C13H15F2NO5. The Kier molecular flexibility index (Phi) is 5.31. The van der Waals surface area contributed by atoms with E-state index >= 15 is 0 Å². The average molecular weight is 303 g/mol. The fourth-order valence-corrected chi connectivity index (χ4v) is 1.42. The molecule has 1 aromatic carbocycles. The molecule has 8 heteroatoms. The van der Waals surface area contributed by atoms with E-state index in [1.165, 1.54) is 0 Å². The highest BCUT2D eigenvalue weighted by molar-refractivity contribution is 5.90. The lowest BCUT2D eigenvalue weighted by atomic mass is 10.2. The maximum atomic E-state index is 13.7. The van der Waals surface area contributed by atoms with Crippen molar-refractivity contribution in [2.24, 2.45) is 0 Å². The van der Waals surface area contributed by atoms with E-state index in [0.717, 1.165) is 0 Å². The molecule has 0 bridgehead atoms. The van der Waals surface area contributed by atoms with Crippen LogP contribution in [0, 0.1) is 21.7 Å². The third-order valence-electron chi connectivity index (χ3n) is 2.29. The number of hydrogen-bond donors (Lipinski definition) is 0. The summed E-state index contributed by atoms with van der Waals surface area (Å²) < 4.78 is 36.9. The monoisotopic (exact) mass is 303 g/mol. The van der Waals surface area contributed by atoms with Crippen LogP contribution in [0.2, 0.25) is 0 Å². The predicted molar refractivity (Wildman–Crippen MR) is 69.0 cm³/mol. The first kappa shape index (κ1) is 17.0. The van der Waals surface area contributed by atoms with E-state index < -0.39 is 39.4 Å². The number of esters is 1. The summed E-state index contributed by atoms with van der Waals surface area (Å²) in [6.07, 6.45) is 0. The van der Waals surface area contributed by atoms with Crippen LogP contribution in [0.25, 0.3) is 0 Å². The minimum absolute atomic E-state index is 0.0638. The van der Waals surface area contributed by atoms with Gasteiger partial charge in [-0.2, -0.15) is 4.39 Å². The van der Waals surface area contributed by atoms with Gasteiger partial charge in [-0.15, -0.1) is 0 Å². The van der Waals surface area contributed by atoms with E-state index in [0.29, 0.717) is 12.1 Å². The highest BCUT2D eigenvalue weighted by Gasteiger charge is 2.25. The second-order valence-electron chi connectivity index (χ2n) is 5.14. The van der Waals surface area contributed by atoms with Gasteiger partial charge in [0.25, 0.3) is 0 Å². The predicted octanol–water partition coefficient (Wildman–Crippen LogP) is 2.84. The normalized spacial score (nSPS) is 11.3. The summed E-state index contributed by atoms with van der Waals surface area (Å²) >= 11 is 0. The lowest BCUT2D eigenvalue weighted by molar-refractivity contribution is -0.387. The number of benzene rings is 1. The van der Waals surface area contributed by atoms with Gasteiger partial charge in [-0.3, -0.25) is 10.1 Å². The minimum Gasteiger partial charge on any atom is -0.460 e. The number of nitrogens with zero attached hydrogens (tertiary/aromatic N) is 1. The number of carbonyl (C=O) groups is 1. The highest BCUT2D eigenvalue weighted by Crippen LogP contribution is 2.23. The molecule has 0 saturated heterocycles. The number of rotatable bonds is 5. The highest BCUT2D eigenvalue weighted by atomic mass is 19.1. The Morgan fingerprint density at radius 2 is 1.90 bits per heavy atom. The Morgan fingerprint density at radius 1 is 1.29 bits per heavy atom. The van der Waals surface area contributed by atoms with Crippen LogP contribution in [0.5, 0.6) is 0 Å². The first-order valence-electron chi connectivity index (χ1n) is 6.06. The van der Waals surface area contributed by atoms with Crippen molar-refractivity contribution in [2.75, 3.05) is 13.2 Å². The van der Waals surface area contributed by atoms with Crippen molar-refractivity contribution in [3.8, 4) is 0 Å². The fraction of sp³-hybridized carbons (Fsp3) is 0.462. The summed E-state index contributed by atoms with van der Waals surface area (Å²) in [5, 5.41) is 10.5. The summed E-state index contributed by atoms with van der Waals surface area (Å²) in [7, 11) is 0. The van der Waals surface area contributed by atoms with E-state index in [1.807, 2.05) is 0 Å². The molecule has 116 valence electrons. The van der Waals surface area contributed by atoms with Gasteiger partial charge < -0.3 is 9.47 Å². The van der Waals surface area contributed by atoms with Crippen molar-refractivity contribution >= 4 is 11.7 Å². The van der Waals surface area contributed by atoms with E-state index in [2.05, 4.69) is 0 Å². The average Bonchev–Trinajstić information content (AvgIpc) is 2.35. The minimum atomic E-state index is -1.43. The Balaban J connectivity index is 2.77. The summed E-state index contributed by atoms with van der Waals surface area (Å²) in [5.41, 5.74) is -2.37. The van der Waals surface area contributed by atoms with Gasteiger partial charge in [0.2, 0.25) is 5.82 Å². The van der Waals surface area contributed by atoms with Crippen molar-refractivity contribution in [1.29, 1.82) is 0 Å². The summed E-state index contributed by atoms with van der Waals surface area (Å²) in [5.74, 6) is -3.71. The van der Waals surface area contributed by atoms with Crippen molar-refractivity contribution in [3.05, 3.63) is 39.4 Å². The molecule has 0 aliphatic heterocycles. The maximum absolute atomic E-state index is 13.7. The molecule has 0 atom stereocenters. The summed E-state index contributed by atoms with van der Waals surface area (Å²) in [6.45, 7) is 5.27. The Hall–Kier alpha value is -2.09. The molecule has 0 unspecified atom stereocenters. The zero-order valence-corrected chi connectivity index (χ0v) is 11.8. The van der Waals surface area contributed by atoms with Crippen molar-refractivity contribution < 1.29 is 28.0 Å². The van der Waals surface area contributed by atoms with Crippen LogP contribution in [-0.4, -0.2) is 29.7 Å². The van der Waals surface area contributed by atoms with E-state index in [-0.39, 0.29) is 13.2 Å². The van der Waals surface area contributed by atoms with Gasteiger partial charge in [-0.1, -0.05) is 0 Å². The summed E-state index contributed by atoms with van der Waals surface area (Å²) in [4.78, 5) is 21.0. The van der Waals surface area contributed by atoms with Crippen LogP contribution in [0.3, 0.4) is 0 Å². The molecule has 0 heterocycles. The first-order valence-corrected chi connectivity index (χ1v) is 6.06. The Bertz CT molecular complexity index is 554. The largest absolute Gasteiger partial charge is 0.460 e. The molecule has 0 radical (unpaired) electrons. The first-order chi connectivity index (χ1) is 9.61. The third-order valence-corrected chi connectivity index (χ3v) is 2.29. The summed E-state index contributed by atoms with van der Waals surface area (Å²) in [6, 6.07) is 0.949. The number of ether oxygens (including phenoxy) is 2. The topological polar surface area (TPSA) is 78.7 Å². The lowest BCUT2D eigenvalue weighted by Gasteiger charge is -2.19. The van der Waals surface area contributed by atoms with Gasteiger partial charge in [0, 0.05) is 0 Å². The molecule has 21 heavy (non-hydrogen) atoms. The molecule has 0 N–H and O–H groups in total. The van der Waals surface area contributed by atoms with E-state index in [4.69, 9.17) is 9.47 Å². The molecule has 1 rings (SSSR count). The SMILES string of the molecule is CC(C)(C)OCCOC(=O)c1cc(F)cc([N+](=O)[O-])c1F. The molecule has 0 fully saturated rings. The van der Waals surface area contributed by atoms with E-state index in [1.54, 1.807) is 20.8 Å². The molecule has 0 aliphatic carbocycles. The van der Waals surface area contributed by atoms with Crippen LogP contribution in [0.1, 0.15) is 31.1 Å². The molecule has 6 nitrogen and oxygen atoms in total. The van der Waals surface area contributed by atoms with Gasteiger partial charge in [0.1, 0.15) is 18.0 Å². The zero-order valence-electron chi connectivity index (χ0n) is 11.8. The van der Waals surface area contributed by atoms with Crippen molar-refractivity contribution in [1.82, 2.24) is 0 Å². The third kappa shape index (κ3) is 5.07. The molecule has 1 aromatic rings. The van der Waals surface area contributed by atoms with Crippen LogP contribution < -0.4 is 0 Å². The molecule has 0 spiro atoms. The number of halogens is 2. The van der Waals surface area contributed by atoms with Crippen molar-refractivity contribution in [2.45, 2.75) is 26.4 Å². The molecule has 0 aromatic heterocycles. The Morgan fingerprint density at radius 3 is 2.43 bits per heavy atom. The quantitative estimate of drug-likeness (QED) is 0.362. The number of nitro groups is 1. The van der Waals surface area contributed by atoms with Crippen LogP contribution in [-0.2, 0) is 9.47 Å². The zero-order chi connectivity index (χ0) is 16.2.